The monoisotopic (exact) mass is 312 g/mol. The van der Waals surface area contributed by atoms with Gasteiger partial charge in [-0.3, -0.25) is 0 Å². The first-order chi connectivity index (χ1) is 11.3. The minimum absolute atomic E-state index is 0.224. The molecule has 0 aliphatic heterocycles. The number of hydrogen-bond acceptors (Lipinski definition) is 6. The Labute approximate surface area is 132 Å². The van der Waals surface area contributed by atoms with Crippen molar-refractivity contribution in [2.24, 2.45) is 0 Å². The van der Waals surface area contributed by atoms with Crippen LogP contribution in [0.1, 0.15) is 28.8 Å². The molecular weight excluding hydrogens is 296 g/mol. The zero-order valence-corrected chi connectivity index (χ0v) is 12.5. The van der Waals surface area contributed by atoms with Crippen LogP contribution in [-0.2, 0) is 6.42 Å². The Morgan fingerprint density at radius 3 is 2.83 bits per heavy atom. The van der Waals surface area contributed by atoms with E-state index in [-0.39, 0.29) is 5.82 Å². The number of tetrazole rings is 1. The normalized spacial score (nSPS) is 12.6. The third-order valence-electron chi connectivity index (χ3n) is 3.39. The third kappa shape index (κ3) is 3.64. The van der Waals surface area contributed by atoms with Crippen molar-refractivity contribution in [3.05, 3.63) is 65.4 Å². The maximum absolute atomic E-state index is 9.93. The molecule has 0 saturated heterocycles. The highest BCUT2D eigenvalue weighted by molar-refractivity contribution is 5.52. The van der Waals surface area contributed by atoms with Crippen LogP contribution in [-0.4, -0.2) is 32.8 Å². The van der Waals surface area contributed by atoms with Gasteiger partial charge in [0.1, 0.15) is 17.6 Å². The van der Waals surface area contributed by atoms with Crippen molar-refractivity contribution >= 4 is 6.08 Å². The van der Waals surface area contributed by atoms with E-state index in [0.717, 1.165) is 22.6 Å². The first-order valence-corrected chi connectivity index (χ1v) is 7.05. The molecule has 118 valence electrons. The number of furan rings is 1. The number of H-pyrrole nitrogens is 1. The van der Waals surface area contributed by atoms with E-state index in [2.05, 4.69) is 20.6 Å². The van der Waals surface area contributed by atoms with E-state index in [1.807, 2.05) is 30.3 Å². The van der Waals surface area contributed by atoms with Gasteiger partial charge in [0.25, 0.3) is 0 Å². The number of aliphatic hydroxyl groups excluding tert-OH is 1. The molecule has 0 aliphatic carbocycles. The van der Waals surface area contributed by atoms with Gasteiger partial charge in [-0.2, -0.15) is 5.21 Å². The summed E-state index contributed by atoms with van der Waals surface area (Å²) >= 11 is 0. The Bertz CT molecular complexity index is 763. The molecule has 3 aromatic rings. The first kappa shape index (κ1) is 15.0. The quantitative estimate of drug-likeness (QED) is 0.724. The van der Waals surface area contributed by atoms with Crippen LogP contribution in [0.4, 0.5) is 0 Å². The summed E-state index contributed by atoms with van der Waals surface area (Å²) in [5.41, 5.74) is 2.00. The molecule has 1 aromatic carbocycles. The molecule has 0 fully saturated rings. The summed E-state index contributed by atoms with van der Waals surface area (Å²) in [5, 5.41) is 23.1. The van der Waals surface area contributed by atoms with Crippen LogP contribution >= 0.6 is 0 Å². The molecule has 7 heteroatoms. The fourth-order valence-corrected chi connectivity index (χ4v) is 2.15. The second kappa shape index (κ2) is 6.89. The number of nitrogens with one attached hydrogen (secondary N) is 1. The summed E-state index contributed by atoms with van der Waals surface area (Å²) < 4.78 is 10.7. The Morgan fingerprint density at radius 1 is 1.30 bits per heavy atom. The predicted octanol–water partition coefficient (Wildman–Crippen LogP) is 2.14. The summed E-state index contributed by atoms with van der Waals surface area (Å²) in [6.45, 7) is 0. The number of aromatic nitrogens is 4. The molecule has 1 atom stereocenters. The van der Waals surface area contributed by atoms with Crippen molar-refractivity contribution in [1.29, 1.82) is 0 Å². The van der Waals surface area contributed by atoms with Crippen molar-refractivity contribution in [2.75, 3.05) is 7.11 Å². The van der Waals surface area contributed by atoms with Gasteiger partial charge in [0, 0.05) is 12.0 Å². The molecule has 0 radical (unpaired) electrons. The van der Waals surface area contributed by atoms with Crippen LogP contribution < -0.4 is 4.74 Å². The van der Waals surface area contributed by atoms with Crippen molar-refractivity contribution in [2.45, 2.75) is 12.5 Å². The third-order valence-corrected chi connectivity index (χ3v) is 3.39. The van der Waals surface area contributed by atoms with Gasteiger partial charge in [-0.05, 0) is 29.8 Å². The molecule has 2 N–H and O–H groups in total. The van der Waals surface area contributed by atoms with Crippen molar-refractivity contribution < 1.29 is 14.3 Å². The first-order valence-electron chi connectivity index (χ1n) is 7.05. The fourth-order valence-electron chi connectivity index (χ4n) is 2.15. The number of nitrogens with zero attached hydrogens (tertiary/aromatic N) is 3. The van der Waals surface area contributed by atoms with Gasteiger partial charge in [0.15, 0.2) is 0 Å². The smallest absolute Gasteiger partial charge is 0.206 e. The van der Waals surface area contributed by atoms with E-state index in [4.69, 9.17) is 9.15 Å². The Balaban J connectivity index is 1.71. The lowest BCUT2D eigenvalue weighted by atomic mass is 10.1. The van der Waals surface area contributed by atoms with Gasteiger partial charge in [0.05, 0.1) is 13.4 Å². The van der Waals surface area contributed by atoms with E-state index >= 15 is 0 Å². The van der Waals surface area contributed by atoms with Crippen LogP contribution in [0.3, 0.4) is 0 Å². The average molecular weight is 312 g/mol. The van der Waals surface area contributed by atoms with Gasteiger partial charge >= 0.3 is 0 Å². The largest absolute Gasteiger partial charge is 0.497 e. The zero-order chi connectivity index (χ0) is 16.1. The minimum atomic E-state index is -0.919. The van der Waals surface area contributed by atoms with Crippen molar-refractivity contribution in [3.63, 3.8) is 0 Å². The SMILES string of the molecule is COc1ccc(Cc2occc2C=CC(O)c2nn[nH]n2)cc1. The number of aliphatic hydroxyl groups is 1. The second-order valence-corrected chi connectivity index (χ2v) is 4.90. The van der Waals surface area contributed by atoms with Gasteiger partial charge in [-0.1, -0.05) is 23.4 Å². The average Bonchev–Trinajstić information content (AvgIpc) is 3.25. The maximum Gasteiger partial charge on any atom is 0.206 e. The number of rotatable bonds is 6. The molecule has 0 aliphatic rings. The number of hydrogen-bond donors (Lipinski definition) is 2. The molecule has 0 bridgehead atoms. The lowest BCUT2D eigenvalue weighted by Crippen LogP contribution is -1.96. The summed E-state index contributed by atoms with van der Waals surface area (Å²) in [7, 11) is 1.64. The summed E-state index contributed by atoms with van der Waals surface area (Å²) in [5.74, 6) is 1.85. The molecule has 0 spiro atoms. The van der Waals surface area contributed by atoms with Crippen LogP contribution in [0.2, 0.25) is 0 Å². The number of aromatic amines is 1. The fraction of sp³-hybridized carbons (Fsp3) is 0.188. The van der Waals surface area contributed by atoms with Crippen LogP contribution in [0.25, 0.3) is 6.08 Å². The highest BCUT2D eigenvalue weighted by atomic mass is 16.5. The molecule has 3 rings (SSSR count). The Kier molecular flexibility index (Phi) is 4.49. The molecule has 23 heavy (non-hydrogen) atoms. The van der Waals surface area contributed by atoms with Gasteiger partial charge in [-0.15, -0.1) is 10.2 Å². The van der Waals surface area contributed by atoms with Crippen LogP contribution in [0, 0.1) is 0 Å². The number of methoxy groups -OCH3 is 1. The summed E-state index contributed by atoms with van der Waals surface area (Å²) in [4.78, 5) is 0. The summed E-state index contributed by atoms with van der Waals surface area (Å²) in [6.07, 6.45) is 4.72. The molecular formula is C16H16N4O3. The summed E-state index contributed by atoms with van der Waals surface area (Å²) in [6, 6.07) is 9.64. The van der Waals surface area contributed by atoms with Gasteiger partial charge in [0.2, 0.25) is 5.82 Å². The zero-order valence-electron chi connectivity index (χ0n) is 12.5. The maximum atomic E-state index is 9.93. The predicted molar refractivity (Wildman–Crippen MR) is 82.7 cm³/mol. The molecule has 0 saturated carbocycles. The van der Waals surface area contributed by atoms with E-state index < -0.39 is 6.10 Å². The molecule has 0 amide bonds. The minimum Gasteiger partial charge on any atom is -0.497 e. The van der Waals surface area contributed by atoms with E-state index in [0.29, 0.717) is 6.42 Å². The molecule has 1 unspecified atom stereocenters. The molecule has 7 nitrogen and oxygen atoms in total. The van der Waals surface area contributed by atoms with E-state index in [9.17, 15) is 5.11 Å². The lowest BCUT2D eigenvalue weighted by molar-refractivity contribution is 0.219. The number of ether oxygens (including phenoxy) is 1. The van der Waals surface area contributed by atoms with E-state index in [1.54, 1.807) is 25.5 Å². The highest BCUT2D eigenvalue weighted by Gasteiger charge is 2.10. The van der Waals surface area contributed by atoms with Crippen LogP contribution in [0.5, 0.6) is 5.75 Å². The molecule has 2 aromatic heterocycles. The Hall–Kier alpha value is -2.93. The number of benzene rings is 1. The van der Waals surface area contributed by atoms with Crippen molar-refractivity contribution in [1.82, 2.24) is 20.6 Å². The van der Waals surface area contributed by atoms with E-state index in [1.165, 1.54) is 0 Å². The van der Waals surface area contributed by atoms with Crippen LogP contribution in [0.15, 0.2) is 47.1 Å². The standard InChI is InChI=1S/C16H16N4O3/c1-22-13-5-2-11(3-6-13)10-15-12(8-9-23-15)4-7-14(21)16-17-19-20-18-16/h2-9,14,21H,10H2,1H3,(H,17,18,19,20). The lowest BCUT2D eigenvalue weighted by Gasteiger charge is -2.03. The Morgan fingerprint density at radius 2 is 2.13 bits per heavy atom. The van der Waals surface area contributed by atoms with Gasteiger partial charge < -0.3 is 14.3 Å². The second-order valence-electron chi connectivity index (χ2n) is 4.90. The molecule has 2 heterocycles. The highest BCUT2D eigenvalue weighted by Crippen LogP contribution is 2.20. The van der Waals surface area contributed by atoms with Crippen molar-refractivity contribution in [3.8, 4) is 5.75 Å². The van der Waals surface area contributed by atoms with Gasteiger partial charge in [-0.25, -0.2) is 0 Å². The topological polar surface area (TPSA) is 97.1 Å².